The minimum Gasteiger partial charge on any atom is -0.497 e. The van der Waals surface area contributed by atoms with Crippen molar-refractivity contribution in [3.05, 3.63) is 23.8 Å². The van der Waals surface area contributed by atoms with Crippen LogP contribution in [0, 0.1) is 5.92 Å². The lowest BCUT2D eigenvalue weighted by molar-refractivity contribution is -0.132. The number of amides is 2. The summed E-state index contributed by atoms with van der Waals surface area (Å²) >= 11 is 0. The van der Waals surface area contributed by atoms with E-state index in [1.54, 1.807) is 18.2 Å². The first kappa shape index (κ1) is 18.1. The third-order valence-corrected chi connectivity index (χ3v) is 4.25. The molecule has 6 nitrogen and oxygen atoms in total. The molecule has 1 aliphatic heterocycles. The standard InChI is InChI=1S/C18H26N2O4/c1-13-5-4-8-20(12-13)17(21)6-7-19-18(22)14-9-15(23-2)11-16(10-14)24-3/h9-11,13H,4-8,12H2,1-3H3,(H,19,22). The van der Waals surface area contributed by atoms with Crippen molar-refractivity contribution < 1.29 is 19.1 Å². The van der Waals surface area contributed by atoms with Gasteiger partial charge in [-0.3, -0.25) is 9.59 Å². The van der Waals surface area contributed by atoms with Crippen LogP contribution in [0.25, 0.3) is 0 Å². The van der Waals surface area contributed by atoms with Crippen LogP contribution >= 0.6 is 0 Å². The number of hydrogen-bond donors (Lipinski definition) is 1. The molecular formula is C18H26N2O4. The summed E-state index contributed by atoms with van der Waals surface area (Å²) in [5, 5.41) is 2.79. The third-order valence-electron chi connectivity index (χ3n) is 4.25. The van der Waals surface area contributed by atoms with Gasteiger partial charge in [0.25, 0.3) is 5.91 Å². The van der Waals surface area contributed by atoms with E-state index in [1.807, 2.05) is 4.90 Å². The van der Waals surface area contributed by atoms with E-state index in [2.05, 4.69) is 12.2 Å². The van der Waals surface area contributed by atoms with Crippen LogP contribution in [0.15, 0.2) is 18.2 Å². The third kappa shape index (κ3) is 4.88. The fourth-order valence-electron chi connectivity index (χ4n) is 2.90. The van der Waals surface area contributed by atoms with Crippen LogP contribution in [0.2, 0.25) is 0 Å². The average molecular weight is 334 g/mol. The molecule has 0 saturated carbocycles. The number of nitrogens with one attached hydrogen (secondary N) is 1. The van der Waals surface area contributed by atoms with E-state index in [9.17, 15) is 9.59 Å². The molecule has 1 aromatic carbocycles. The molecule has 2 rings (SSSR count). The summed E-state index contributed by atoms with van der Waals surface area (Å²) in [5.74, 6) is 1.52. The Morgan fingerprint density at radius 1 is 1.21 bits per heavy atom. The van der Waals surface area contributed by atoms with Gasteiger partial charge in [0.05, 0.1) is 14.2 Å². The quantitative estimate of drug-likeness (QED) is 0.865. The zero-order valence-corrected chi connectivity index (χ0v) is 14.6. The minimum absolute atomic E-state index is 0.102. The molecule has 2 amide bonds. The van der Waals surface area contributed by atoms with E-state index in [0.29, 0.717) is 35.9 Å². The van der Waals surface area contributed by atoms with Crippen molar-refractivity contribution in [3.8, 4) is 11.5 Å². The lowest BCUT2D eigenvalue weighted by Gasteiger charge is -2.31. The number of carbonyl (C=O) groups is 2. The Balaban J connectivity index is 1.85. The number of nitrogens with zero attached hydrogens (tertiary/aromatic N) is 1. The van der Waals surface area contributed by atoms with Crippen LogP contribution in [-0.2, 0) is 4.79 Å². The SMILES string of the molecule is COc1cc(OC)cc(C(=O)NCCC(=O)N2CCCC(C)C2)c1. The minimum atomic E-state index is -0.244. The highest BCUT2D eigenvalue weighted by molar-refractivity contribution is 5.95. The van der Waals surface area contributed by atoms with Gasteiger partial charge < -0.3 is 19.7 Å². The Hall–Kier alpha value is -2.24. The second-order valence-electron chi connectivity index (χ2n) is 6.19. The normalized spacial score (nSPS) is 17.3. The van der Waals surface area contributed by atoms with Crippen LogP contribution < -0.4 is 14.8 Å². The van der Waals surface area contributed by atoms with Crippen molar-refractivity contribution in [1.82, 2.24) is 10.2 Å². The Labute approximate surface area is 143 Å². The predicted octanol–water partition coefficient (Wildman–Crippen LogP) is 2.08. The van der Waals surface area contributed by atoms with Crippen molar-refractivity contribution >= 4 is 11.8 Å². The van der Waals surface area contributed by atoms with Gasteiger partial charge in [-0.15, -0.1) is 0 Å². The van der Waals surface area contributed by atoms with Crippen LogP contribution in [0.4, 0.5) is 0 Å². The lowest BCUT2D eigenvalue weighted by atomic mass is 10.00. The fourth-order valence-corrected chi connectivity index (χ4v) is 2.90. The van der Waals surface area contributed by atoms with Crippen molar-refractivity contribution in [2.75, 3.05) is 33.9 Å². The maximum Gasteiger partial charge on any atom is 0.251 e. The summed E-state index contributed by atoms with van der Waals surface area (Å²) in [6.45, 7) is 4.13. The number of piperidine rings is 1. The van der Waals surface area contributed by atoms with Gasteiger partial charge in [-0.1, -0.05) is 6.92 Å². The molecule has 0 aromatic heterocycles. The Kier molecular flexibility index (Phi) is 6.46. The highest BCUT2D eigenvalue weighted by Crippen LogP contribution is 2.22. The van der Waals surface area contributed by atoms with E-state index in [-0.39, 0.29) is 11.8 Å². The molecular weight excluding hydrogens is 308 g/mol. The second kappa shape index (κ2) is 8.57. The first-order valence-corrected chi connectivity index (χ1v) is 8.32. The lowest BCUT2D eigenvalue weighted by Crippen LogP contribution is -2.40. The summed E-state index contributed by atoms with van der Waals surface area (Å²) in [7, 11) is 3.07. The summed E-state index contributed by atoms with van der Waals surface area (Å²) < 4.78 is 10.3. The zero-order valence-electron chi connectivity index (χ0n) is 14.6. The Morgan fingerprint density at radius 3 is 2.46 bits per heavy atom. The molecule has 0 radical (unpaired) electrons. The Morgan fingerprint density at radius 2 is 1.88 bits per heavy atom. The molecule has 6 heteroatoms. The summed E-state index contributed by atoms with van der Waals surface area (Å²) in [6, 6.07) is 5.00. The average Bonchev–Trinajstić information content (AvgIpc) is 2.60. The van der Waals surface area contributed by atoms with E-state index >= 15 is 0 Å². The van der Waals surface area contributed by atoms with Crippen molar-refractivity contribution in [2.24, 2.45) is 5.92 Å². The van der Waals surface area contributed by atoms with Gasteiger partial charge in [0.1, 0.15) is 11.5 Å². The number of rotatable bonds is 6. The van der Waals surface area contributed by atoms with Crippen LogP contribution in [0.3, 0.4) is 0 Å². The number of benzene rings is 1. The van der Waals surface area contributed by atoms with Gasteiger partial charge in [-0.25, -0.2) is 0 Å². The van der Waals surface area contributed by atoms with E-state index < -0.39 is 0 Å². The highest BCUT2D eigenvalue weighted by atomic mass is 16.5. The molecule has 0 spiro atoms. The van der Waals surface area contributed by atoms with Gasteiger partial charge in [-0.05, 0) is 30.9 Å². The smallest absolute Gasteiger partial charge is 0.251 e. The number of likely N-dealkylation sites (tertiary alicyclic amines) is 1. The highest BCUT2D eigenvalue weighted by Gasteiger charge is 2.20. The first-order chi connectivity index (χ1) is 11.5. The summed E-state index contributed by atoms with van der Waals surface area (Å²) in [5.41, 5.74) is 0.449. The first-order valence-electron chi connectivity index (χ1n) is 8.32. The topological polar surface area (TPSA) is 67.9 Å². The van der Waals surface area contributed by atoms with Crippen molar-refractivity contribution in [3.63, 3.8) is 0 Å². The number of ether oxygens (including phenoxy) is 2. The second-order valence-corrected chi connectivity index (χ2v) is 6.19. The van der Waals surface area contributed by atoms with Gasteiger partial charge in [0.2, 0.25) is 5.91 Å². The van der Waals surface area contributed by atoms with Crippen molar-refractivity contribution in [2.45, 2.75) is 26.2 Å². The number of hydrogen-bond acceptors (Lipinski definition) is 4. The molecule has 1 atom stereocenters. The molecule has 1 fully saturated rings. The molecule has 132 valence electrons. The van der Waals surface area contributed by atoms with Gasteiger partial charge in [-0.2, -0.15) is 0 Å². The van der Waals surface area contributed by atoms with Gasteiger partial charge in [0.15, 0.2) is 0 Å². The van der Waals surface area contributed by atoms with Crippen LogP contribution in [-0.4, -0.2) is 50.6 Å². The largest absolute Gasteiger partial charge is 0.497 e. The van der Waals surface area contributed by atoms with Gasteiger partial charge >= 0.3 is 0 Å². The maximum absolute atomic E-state index is 12.2. The molecule has 24 heavy (non-hydrogen) atoms. The van der Waals surface area contributed by atoms with Gasteiger partial charge in [0, 0.05) is 37.7 Å². The Bertz CT molecular complexity index is 566. The number of carbonyl (C=O) groups excluding carboxylic acids is 2. The summed E-state index contributed by atoms with van der Waals surface area (Å²) in [4.78, 5) is 26.3. The van der Waals surface area contributed by atoms with Crippen LogP contribution in [0.1, 0.15) is 36.5 Å². The molecule has 1 unspecified atom stereocenters. The van der Waals surface area contributed by atoms with E-state index in [0.717, 1.165) is 19.5 Å². The molecule has 0 aliphatic carbocycles. The van der Waals surface area contributed by atoms with E-state index in [1.165, 1.54) is 20.6 Å². The molecule has 1 N–H and O–H groups in total. The maximum atomic E-state index is 12.2. The molecule has 1 heterocycles. The summed E-state index contributed by atoms with van der Waals surface area (Å²) in [6.07, 6.45) is 2.56. The monoisotopic (exact) mass is 334 g/mol. The van der Waals surface area contributed by atoms with Crippen LogP contribution in [0.5, 0.6) is 11.5 Å². The molecule has 1 aliphatic rings. The number of methoxy groups -OCH3 is 2. The molecule has 1 saturated heterocycles. The molecule has 1 aromatic rings. The zero-order chi connectivity index (χ0) is 17.5. The van der Waals surface area contributed by atoms with E-state index in [4.69, 9.17) is 9.47 Å². The van der Waals surface area contributed by atoms with Crippen molar-refractivity contribution in [1.29, 1.82) is 0 Å². The predicted molar refractivity (Wildman–Crippen MR) is 91.5 cm³/mol. The fraction of sp³-hybridized carbons (Fsp3) is 0.556. The molecule has 0 bridgehead atoms.